The number of aromatic nitrogens is 4. The highest BCUT2D eigenvalue weighted by Gasteiger charge is 2.06. The smallest absolute Gasteiger partial charge is 0.252 e. The number of aromatic amines is 1. The number of rotatable bonds is 6. The fourth-order valence-electron chi connectivity index (χ4n) is 2.47. The number of hydrogen-bond donors (Lipinski definition) is 3. The van der Waals surface area contributed by atoms with Gasteiger partial charge >= 0.3 is 0 Å². The first-order chi connectivity index (χ1) is 11.6. The van der Waals surface area contributed by atoms with Gasteiger partial charge in [-0.3, -0.25) is 9.59 Å². The van der Waals surface area contributed by atoms with Gasteiger partial charge in [-0.2, -0.15) is 0 Å². The monoisotopic (exact) mass is 326 g/mol. The van der Waals surface area contributed by atoms with E-state index in [-0.39, 0.29) is 17.3 Å². The molecule has 1 aromatic carbocycles. The number of aryl methyl sites for hydroxylation is 1. The fourth-order valence-corrected chi connectivity index (χ4v) is 2.47. The van der Waals surface area contributed by atoms with Gasteiger partial charge in [-0.25, -0.2) is 9.97 Å². The third-order valence-electron chi connectivity index (χ3n) is 3.60. The molecule has 2 aromatic heterocycles. The molecular weight excluding hydrogens is 308 g/mol. The van der Waals surface area contributed by atoms with Crippen LogP contribution in [0.15, 0.2) is 41.5 Å². The van der Waals surface area contributed by atoms with Gasteiger partial charge in [-0.05, 0) is 12.1 Å². The predicted molar refractivity (Wildman–Crippen MR) is 90.3 cm³/mol. The van der Waals surface area contributed by atoms with Crippen LogP contribution in [0.1, 0.15) is 12.2 Å². The number of nitrogens with one attached hydrogen (secondary N) is 2. The molecule has 8 nitrogen and oxygen atoms in total. The molecule has 3 aromatic rings. The van der Waals surface area contributed by atoms with Crippen LogP contribution in [0.3, 0.4) is 0 Å². The van der Waals surface area contributed by atoms with Crippen molar-refractivity contribution in [1.29, 1.82) is 0 Å². The molecule has 24 heavy (non-hydrogen) atoms. The second-order valence-corrected chi connectivity index (χ2v) is 5.39. The predicted octanol–water partition coefficient (Wildman–Crippen LogP) is 0.451. The van der Waals surface area contributed by atoms with E-state index >= 15 is 0 Å². The van der Waals surface area contributed by atoms with Gasteiger partial charge in [0.1, 0.15) is 11.6 Å². The van der Waals surface area contributed by atoms with E-state index in [0.29, 0.717) is 31.8 Å². The highest BCUT2D eigenvalue weighted by Crippen LogP contribution is 2.11. The number of hydrogen-bond acceptors (Lipinski definition) is 5. The summed E-state index contributed by atoms with van der Waals surface area (Å²) in [6.07, 6.45) is 2.50. The number of fused-ring (bicyclic) bond motifs is 1. The third kappa shape index (κ3) is 3.78. The first kappa shape index (κ1) is 15.7. The van der Waals surface area contributed by atoms with Gasteiger partial charge in [-0.15, -0.1) is 0 Å². The maximum atomic E-state index is 11.9. The van der Waals surface area contributed by atoms with Crippen molar-refractivity contribution in [1.82, 2.24) is 24.8 Å². The number of amides is 1. The van der Waals surface area contributed by atoms with Crippen LogP contribution in [-0.4, -0.2) is 32.0 Å². The van der Waals surface area contributed by atoms with Gasteiger partial charge in [0.15, 0.2) is 0 Å². The van der Waals surface area contributed by atoms with Crippen LogP contribution in [-0.2, 0) is 17.8 Å². The largest absolute Gasteiger partial charge is 0.383 e. The van der Waals surface area contributed by atoms with Crippen LogP contribution >= 0.6 is 0 Å². The Morgan fingerprint density at radius 3 is 3.00 bits per heavy atom. The molecule has 8 heteroatoms. The SMILES string of the molecule is Nc1cc(=O)[nH]c(CCNC(=O)CCn2cnc3ccccc32)n1. The van der Waals surface area contributed by atoms with E-state index in [1.54, 1.807) is 6.33 Å². The van der Waals surface area contributed by atoms with E-state index < -0.39 is 0 Å². The number of benzene rings is 1. The Morgan fingerprint density at radius 2 is 2.17 bits per heavy atom. The van der Waals surface area contributed by atoms with Crippen molar-refractivity contribution in [2.45, 2.75) is 19.4 Å². The summed E-state index contributed by atoms with van der Waals surface area (Å²) in [5.74, 6) is 0.562. The highest BCUT2D eigenvalue weighted by molar-refractivity contribution is 5.77. The molecule has 0 aliphatic carbocycles. The number of para-hydroxylation sites is 2. The molecule has 124 valence electrons. The quantitative estimate of drug-likeness (QED) is 0.608. The van der Waals surface area contributed by atoms with E-state index in [1.165, 1.54) is 6.07 Å². The second kappa shape index (κ2) is 6.95. The molecule has 0 aliphatic rings. The van der Waals surface area contributed by atoms with E-state index in [2.05, 4.69) is 20.3 Å². The highest BCUT2D eigenvalue weighted by atomic mass is 16.1. The molecule has 1 amide bonds. The molecule has 0 bridgehead atoms. The van der Waals surface area contributed by atoms with Crippen molar-refractivity contribution in [2.75, 3.05) is 12.3 Å². The average Bonchev–Trinajstić information content (AvgIpc) is 2.95. The first-order valence-corrected chi connectivity index (χ1v) is 7.64. The third-order valence-corrected chi connectivity index (χ3v) is 3.60. The normalized spacial score (nSPS) is 10.8. The lowest BCUT2D eigenvalue weighted by Crippen LogP contribution is -2.27. The minimum atomic E-state index is -0.296. The van der Waals surface area contributed by atoms with E-state index in [9.17, 15) is 9.59 Å². The molecule has 0 saturated carbocycles. The molecule has 0 radical (unpaired) electrons. The summed E-state index contributed by atoms with van der Waals surface area (Å²) in [5.41, 5.74) is 7.13. The molecule has 2 heterocycles. The summed E-state index contributed by atoms with van der Waals surface area (Å²) in [6.45, 7) is 0.940. The summed E-state index contributed by atoms with van der Waals surface area (Å²) in [7, 11) is 0. The number of nitrogens with two attached hydrogens (primary N) is 1. The Hall–Kier alpha value is -3.16. The minimum Gasteiger partial charge on any atom is -0.383 e. The summed E-state index contributed by atoms with van der Waals surface area (Å²) in [5, 5.41) is 2.81. The van der Waals surface area contributed by atoms with Crippen LogP contribution in [0.5, 0.6) is 0 Å². The van der Waals surface area contributed by atoms with Crippen LogP contribution in [0.2, 0.25) is 0 Å². The molecule has 0 aliphatic heterocycles. The molecule has 0 unspecified atom stereocenters. The van der Waals surface area contributed by atoms with Crippen molar-refractivity contribution in [2.24, 2.45) is 0 Å². The molecule has 3 rings (SSSR count). The topological polar surface area (TPSA) is 119 Å². The van der Waals surface area contributed by atoms with Gasteiger partial charge < -0.3 is 20.6 Å². The van der Waals surface area contributed by atoms with Crippen molar-refractivity contribution in [3.63, 3.8) is 0 Å². The number of anilines is 1. The fraction of sp³-hybridized carbons (Fsp3) is 0.250. The number of carbonyl (C=O) groups is 1. The van der Waals surface area contributed by atoms with Crippen molar-refractivity contribution in [3.8, 4) is 0 Å². The summed E-state index contributed by atoms with van der Waals surface area (Å²) in [6, 6.07) is 9.01. The van der Waals surface area contributed by atoms with Gasteiger partial charge in [0.05, 0.1) is 17.4 Å². The molecule has 0 saturated heterocycles. The average molecular weight is 326 g/mol. The summed E-state index contributed by atoms with van der Waals surface area (Å²) >= 11 is 0. The first-order valence-electron chi connectivity index (χ1n) is 7.64. The van der Waals surface area contributed by atoms with Crippen molar-refractivity contribution >= 4 is 22.8 Å². The molecule has 0 fully saturated rings. The number of H-pyrrole nitrogens is 1. The lowest BCUT2D eigenvalue weighted by Gasteiger charge is -2.06. The van der Waals surface area contributed by atoms with E-state index in [0.717, 1.165) is 11.0 Å². The Bertz CT molecular complexity index is 914. The van der Waals surface area contributed by atoms with Crippen LogP contribution in [0.25, 0.3) is 11.0 Å². The van der Waals surface area contributed by atoms with Gasteiger partial charge in [0.2, 0.25) is 5.91 Å². The molecule has 0 atom stereocenters. The Balaban J connectivity index is 1.48. The maximum Gasteiger partial charge on any atom is 0.252 e. The van der Waals surface area contributed by atoms with Crippen LogP contribution < -0.4 is 16.6 Å². The number of nitrogen functional groups attached to an aromatic ring is 1. The standard InChI is InChI=1S/C16H18N6O2/c17-13-9-16(24)21-14(20-13)5-7-18-15(23)6-8-22-10-19-11-3-1-2-4-12(11)22/h1-4,9-10H,5-8H2,(H,18,23)(H3,17,20,21,24). The lowest BCUT2D eigenvalue weighted by atomic mass is 10.3. The molecule has 4 N–H and O–H groups in total. The Kier molecular flexibility index (Phi) is 4.55. The molecule has 0 spiro atoms. The Labute approximate surface area is 137 Å². The summed E-state index contributed by atoms with van der Waals surface area (Å²) < 4.78 is 1.95. The van der Waals surface area contributed by atoms with Gasteiger partial charge in [-0.1, -0.05) is 12.1 Å². The summed E-state index contributed by atoms with van der Waals surface area (Å²) in [4.78, 5) is 34.1. The van der Waals surface area contributed by atoms with Crippen molar-refractivity contribution < 1.29 is 4.79 Å². The van der Waals surface area contributed by atoms with Gasteiger partial charge in [0, 0.05) is 32.0 Å². The van der Waals surface area contributed by atoms with Crippen molar-refractivity contribution in [3.05, 3.63) is 52.8 Å². The number of nitrogens with zero attached hydrogens (tertiary/aromatic N) is 3. The maximum absolute atomic E-state index is 11.9. The van der Waals surface area contributed by atoms with Crippen LogP contribution in [0.4, 0.5) is 5.82 Å². The zero-order valence-electron chi connectivity index (χ0n) is 13.0. The number of imidazole rings is 1. The van der Waals surface area contributed by atoms with E-state index in [4.69, 9.17) is 5.73 Å². The van der Waals surface area contributed by atoms with Crippen LogP contribution in [0, 0.1) is 0 Å². The molecular formula is C16H18N6O2. The zero-order valence-corrected chi connectivity index (χ0v) is 13.0. The Morgan fingerprint density at radius 1 is 1.33 bits per heavy atom. The van der Waals surface area contributed by atoms with E-state index in [1.807, 2.05) is 28.8 Å². The van der Waals surface area contributed by atoms with Gasteiger partial charge in [0.25, 0.3) is 5.56 Å². The second-order valence-electron chi connectivity index (χ2n) is 5.39. The number of carbonyl (C=O) groups excluding carboxylic acids is 1. The zero-order chi connectivity index (χ0) is 16.9. The minimum absolute atomic E-state index is 0.0703. The lowest BCUT2D eigenvalue weighted by molar-refractivity contribution is -0.121.